The summed E-state index contributed by atoms with van der Waals surface area (Å²) < 4.78 is 29.7. The minimum Gasteiger partial charge on any atom is -0.492 e. The zero-order chi connectivity index (χ0) is 21.4. The van der Waals surface area contributed by atoms with Gasteiger partial charge in [-0.25, -0.2) is 18.5 Å². The van der Waals surface area contributed by atoms with Crippen LogP contribution in [0.4, 0.5) is 5.69 Å². The van der Waals surface area contributed by atoms with Gasteiger partial charge in [0.2, 0.25) is 16.0 Å². The molecule has 0 aliphatic carbocycles. The first-order valence-electron chi connectivity index (χ1n) is 9.05. The normalized spacial score (nSPS) is 21.9. The van der Waals surface area contributed by atoms with E-state index in [9.17, 15) is 13.5 Å². The van der Waals surface area contributed by atoms with Crippen molar-refractivity contribution < 1.29 is 18.3 Å². The van der Waals surface area contributed by atoms with E-state index in [0.717, 1.165) is 6.42 Å². The first-order chi connectivity index (χ1) is 13.7. The highest BCUT2D eigenvalue weighted by Gasteiger charge is 2.20. The third kappa shape index (κ3) is 7.42. The number of nitrogens with two attached hydrogens (primary N) is 1. The molecular formula is C18H26BrN5O4S. The van der Waals surface area contributed by atoms with Gasteiger partial charge < -0.3 is 20.5 Å². The summed E-state index contributed by atoms with van der Waals surface area (Å²) in [5, 5.41) is 22.0. The number of aliphatic imine (C=N–C) groups is 2. The van der Waals surface area contributed by atoms with Gasteiger partial charge in [-0.05, 0) is 31.9 Å². The highest BCUT2D eigenvalue weighted by Crippen LogP contribution is 2.28. The van der Waals surface area contributed by atoms with Gasteiger partial charge in [-0.2, -0.15) is 4.99 Å². The summed E-state index contributed by atoms with van der Waals surface area (Å²) in [6.45, 7) is 6.31. The van der Waals surface area contributed by atoms with Crippen molar-refractivity contribution in [1.82, 2.24) is 5.32 Å². The molecule has 160 valence electrons. The number of hydrogen-bond acceptors (Lipinski definition) is 8. The van der Waals surface area contributed by atoms with E-state index in [1.807, 2.05) is 0 Å². The van der Waals surface area contributed by atoms with Gasteiger partial charge in [0.1, 0.15) is 16.5 Å². The molecule has 2 unspecified atom stereocenters. The molecule has 0 saturated carbocycles. The quantitative estimate of drug-likeness (QED) is 0.378. The fraction of sp³-hybridized carbons (Fsp3) is 0.444. The van der Waals surface area contributed by atoms with Crippen LogP contribution in [-0.2, 0) is 10.0 Å². The van der Waals surface area contributed by atoms with Crippen molar-refractivity contribution in [2.75, 3.05) is 23.8 Å². The van der Waals surface area contributed by atoms with E-state index in [0.29, 0.717) is 29.8 Å². The van der Waals surface area contributed by atoms with Gasteiger partial charge in [-0.1, -0.05) is 22.5 Å². The Kier molecular flexibility index (Phi) is 8.62. The Balaban J connectivity index is 2.46. The van der Waals surface area contributed by atoms with Crippen LogP contribution in [0.1, 0.15) is 19.8 Å². The molecule has 0 radical (unpaired) electrons. The number of nitrogens with one attached hydrogen (secondary N) is 2. The van der Waals surface area contributed by atoms with Crippen molar-refractivity contribution in [3.05, 3.63) is 30.6 Å². The van der Waals surface area contributed by atoms with Gasteiger partial charge in [0.05, 0.1) is 12.7 Å². The van der Waals surface area contributed by atoms with Gasteiger partial charge in [-0.3, -0.25) is 0 Å². The number of rotatable bonds is 3. The molecule has 5 N–H and O–H groups in total. The number of sulfonamides is 1. The average Bonchev–Trinajstić information content (AvgIpc) is 2.63. The van der Waals surface area contributed by atoms with Crippen molar-refractivity contribution in [3.63, 3.8) is 0 Å². The predicted molar refractivity (Wildman–Crippen MR) is 118 cm³/mol. The van der Waals surface area contributed by atoms with Crippen LogP contribution in [0.2, 0.25) is 0 Å². The lowest BCUT2D eigenvalue weighted by atomic mass is 9.99. The van der Waals surface area contributed by atoms with Crippen LogP contribution in [-0.4, -0.2) is 50.3 Å². The number of primary sulfonamides is 1. The number of nitrogens with zero attached hydrogens (tertiary/aromatic N) is 2. The Morgan fingerprint density at radius 1 is 1.55 bits per heavy atom. The van der Waals surface area contributed by atoms with Gasteiger partial charge in [0.25, 0.3) is 0 Å². The molecule has 1 heterocycles. The van der Waals surface area contributed by atoms with Gasteiger partial charge in [0.15, 0.2) is 0 Å². The molecule has 2 bridgehead atoms. The average molecular weight is 488 g/mol. The summed E-state index contributed by atoms with van der Waals surface area (Å²) >= 11 is 3.27. The molecule has 0 aromatic heterocycles. The Morgan fingerprint density at radius 3 is 2.97 bits per heavy atom. The summed E-state index contributed by atoms with van der Waals surface area (Å²) in [5.74, 6) is 0.624. The van der Waals surface area contributed by atoms with Crippen LogP contribution in [0.15, 0.2) is 45.5 Å². The molecular weight excluding hydrogens is 462 g/mol. The van der Waals surface area contributed by atoms with Crippen LogP contribution >= 0.6 is 15.9 Å². The van der Waals surface area contributed by atoms with E-state index in [4.69, 9.17) is 9.88 Å². The Hall–Kier alpha value is -1.95. The third-order valence-electron chi connectivity index (χ3n) is 4.25. The third-order valence-corrected chi connectivity index (χ3v) is 5.49. The molecule has 1 aromatic carbocycles. The number of aliphatic hydroxyl groups excluding tert-OH is 1. The summed E-state index contributed by atoms with van der Waals surface area (Å²) in [6.07, 6.45) is 2.40. The minimum atomic E-state index is -3.99. The standard InChI is InChI=1S/C18H26BrN5O4S/c1-12(25)14-4-3-8-21-13(2)23-18(22-9-7-19)24-15-5-6-17(29(20,26)27)16(10-15)28-11-14/h5-6,9-10,12,14,21,25H,2-4,7-8,11H2,1H3,(H,23,24)(H2,20,26,27)/b22-9-. The van der Waals surface area contributed by atoms with Crippen LogP contribution in [0, 0.1) is 5.92 Å². The van der Waals surface area contributed by atoms with Crippen LogP contribution in [0.5, 0.6) is 5.75 Å². The number of anilines is 1. The summed E-state index contributed by atoms with van der Waals surface area (Å²) in [7, 11) is -3.99. The highest BCUT2D eigenvalue weighted by atomic mass is 79.9. The molecule has 0 saturated heterocycles. The van der Waals surface area contributed by atoms with Gasteiger partial charge >= 0.3 is 0 Å². The Labute approximate surface area is 179 Å². The number of fused-ring (bicyclic) bond motifs is 2. The second kappa shape index (κ2) is 10.7. The number of halogens is 1. The zero-order valence-corrected chi connectivity index (χ0v) is 18.5. The van der Waals surface area contributed by atoms with Crippen molar-refractivity contribution in [2.24, 2.45) is 21.0 Å². The summed E-state index contributed by atoms with van der Waals surface area (Å²) in [5.41, 5.74) is 0.510. The molecule has 2 rings (SSSR count). The number of alkyl halides is 1. The summed E-state index contributed by atoms with van der Waals surface area (Å²) in [4.78, 5) is 8.43. The summed E-state index contributed by atoms with van der Waals surface area (Å²) in [6, 6.07) is 4.41. The number of ether oxygens (including phenoxy) is 1. The molecule has 0 spiro atoms. The van der Waals surface area contributed by atoms with E-state index >= 15 is 0 Å². The molecule has 1 aliphatic rings. The lowest BCUT2D eigenvalue weighted by Crippen LogP contribution is -2.26. The van der Waals surface area contributed by atoms with E-state index < -0.39 is 16.1 Å². The number of guanidine groups is 1. The number of hydrogen-bond donors (Lipinski definition) is 4. The Bertz CT molecular complexity index is 886. The fourth-order valence-electron chi connectivity index (χ4n) is 2.70. The molecule has 0 fully saturated rings. The topological polar surface area (TPSA) is 138 Å². The van der Waals surface area contributed by atoms with Crippen molar-refractivity contribution in [3.8, 4) is 5.75 Å². The predicted octanol–water partition coefficient (Wildman–Crippen LogP) is 1.80. The smallest absolute Gasteiger partial charge is 0.241 e. The van der Waals surface area contributed by atoms with Crippen LogP contribution in [0.25, 0.3) is 0 Å². The highest BCUT2D eigenvalue weighted by molar-refractivity contribution is 9.09. The number of benzene rings is 1. The first-order valence-corrected chi connectivity index (χ1v) is 11.7. The molecule has 11 heteroatoms. The maximum absolute atomic E-state index is 11.9. The van der Waals surface area contributed by atoms with E-state index in [1.165, 1.54) is 12.1 Å². The second-order valence-corrected chi connectivity index (χ2v) is 8.74. The fourth-order valence-corrected chi connectivity index (χ4v) is 3.50. The maximum atomic E-state index is 11.9. The van der Waals surface area contributed by atoms with E-state index in [1.54, 1.807) is 19.2 Å². The lowest BCUT2D eigenvalue weighted by molar-refractivity contribution is 0.0816. The van der Waals surface area contributed by atoms with Crippen molar-refractivity contribution >= 4 is 43.8 Å². The van der Waals surface area contributed by atoms with Gasteiger partial charge in [0, 0.05) is 35.8 Å². The first kappa shape index (κ1) is 23.3. The Morgan fingerprint density at radius 2 is 2.31 bits per heavy atom. The monoisotopic (exact) mass is 487 g/mol. The number of aliphatic hydroxyl groups is 1. The molecule has 9 nitrogen and oxygen atoms in total. The van der Waals surface area contributed by atoms with Crippen LogP contribution < -0.4 is 20.5 Å². The van der Waals surface area contributed by atoms with Crippen molar-refractivity contribution in [2.45, 2.75) is 30.8 Å². The van der Waals surface area contributed by atoms with E-state index in [-0.39, 0.29) is 29.1 Å². The van der Waals surface area contributed by atoms with Gasteiger partial charge in [-0.15, -0.1) is 0 Å². The largest absolute Gasteiger partial charge is 0.492 e. The zero-order valence-electron chi connectivity index (χ0n) is 16.1. The molecule has 0 amide bonds. The second-order valence-electron chi connectivity index (χ2n) is 6.56. The van der Waals surface area contributed by atoms with Crippen molar-refractivity contribution in [1.29, 1.82) is 0 Å². The minimum absolute atomic E-state index is 0.0981. The molecule has 29 heavy (non-hydrogen) atoms. The molecule has 1 aromatic rings. The van der Waals surface area contributed by atoms with E-state index in [2.05, 4.69) is 43.1 Å². The molecule has 2 atom stereocenters. The SMILES string of the molecule is C=C1/N=C(\N=C/CBr)Nc2ccc(S(N)(=O)=O)c(c2)OCC(C(C)O)CCCN1. The lowest BCUT2D eigenvalue weighted by Gasteiger charge is -2.22. The maximum Gasteiger partial charge on any atom is 0.241 e. The molecule has 1 aliphatic heterocycles. The van der Waals surface area contributed by atoms with Crippen LogP contribution in [0.3, 0.4) is 0 Å².